The van der Waals surface area contributed by atoms with Gasteiger partial charge in [-0.15, -0.1) is 10.2 Å². The van der Waals surface area contributed by atoms with Crippen molar-refractivity contribution < 1.29 is 9.90 Å². The Labute approximate surface area is 223 Å². The second-order valence-corrected chi connectivity index (χ2v) is 11.3. The van der Waals surface area contributed by atoms with Gasteiger partial charge in [-0.25, -0.2) is 4.52 Å². The van der Waals surface area contributed by atoms with Crippen LogP contribution in [0, 0.1) is 11.3 Å². The number of nitrogens with one attached hydrogen (secondary N) is 1. The van der Waals surface area contributed by atoms with Crippen LogP contribution in [0.15, 0.2) is 42.7 Å². The smallest absolute Gasteiger partial charge is 0.254 e. The number of nitrogens with zero attached hydrogens (tertiary/aromatic N) is 8. The van der Waals surface area contributed by atoms with E-state index in [2.05, 4.69) is 31.6 Å². The van der Waals surface area contributed by atoms with Crippen LogP contribution in [0.1, 0.15) is 27.2 Å². The van der Waals surface area contributed by atoms with E-state index in [4.69, 9.17) is 4.98 Å². The SMILES string of the molecule is C[C@H](C#N)Nc1cc(-c2ccc3cccnn23)ncc1-c1nnc(N2CC3CC(C2)N3C(=O)C(C)(C)O)s1. The van der Waals surface area contributed by atoms with Crippen molar-refractivity contribution in [2.24, 2.45) is 0 Å². The van der Waals surface area contributed by atoms with Crippen molar-refractivity contribution in [3.63, 3.8) is 0 Å². The molecule has 4 aromatic rings. The average Bonchev–Trinajstić information content (AvgIpc) is 3.56. The van der Waals surface area contributed by atoms with Crippen LogP contribution in [-0.4, -0.2) is 77.5 Å². The lowest BCUT2D eigenvalue weighted by Crippen LogP contribution is -2.72. The minimum atomic E-state index is -1.37. The van der Waals surface area contributed by atoms with E-state index in [1.165, 1.54) is 25.2 Å². The molecule has 4 aromatic heterocycles. The van der Waals surface area contributed by atoms with E-state index < -0.39 is 11.6 Å². The van der Waals surface area contributed by atoms with Crippen LogP contribution < -0.4 is 10.2 Å². The Balaban J connectivity index is 1.28. The highest BCUT2D eigenvalue weighted by Crippen LogP contribution is 2.40. The predicted molar refractivity (Wildman–Crippen MR) is 144 cm³/mol. The number of nitriles is 1. The number of piperazine rings is 1. The van der Waals surface area contributed by atoms with Gasteiger partial charge in [0.2, 0.25) is 5.13 Å². The number of anilines is 2. The lowest BCUT2D eigenvalue weighted by atomic mass is 9.85. The summed E-state index contributed by atoms with van der Waals surface area (Å²) in [6, 6.07) is 11.7. The van der Waals surface area contributed by atoms with Crippen molar-refractivity contribution in [2.45, 2.75) is 50.9 Å². The Morgan fingerprint density at radius 3 is 2.79 bits per heavy atom. The van der Waals surface area contributed by atoms with Crippen molar-refractivity contribution in [1.29, 1.82) is 5.26 Å². The molecule has 12 heteroatoms. The number of pyridine rings is 1. The Morgan fingerprint density at radius 1 is 1.26 bits per heavy atom. The average molecular weight is 530 g/mol. The molecule has 3 aliphatic heterocycles. The quantitative estimate of drug-likeness (QED) is 0.386. The third-order valence-electron chi connectivity index (χ3n) is 7.02. The van der Waals surface area contributed by atoms with E-state index in [1.54, 1.807) is 19.3 Å². The van der Waals surface area contributed by atoms with Crippen LogP contribution in [-0.2, 0) is 4.79 Å². The monoisotopic (exact) mass is 529 g/mol. The molecule has 3 saturated heterocycles. The minimum Gasteiger partial charge on any atom is -0.381 e. The topological polar surface area (TPSA) is 136 Å². The maximum Gasteiger partial charge on any atom is 0.254 e. The largest absolute Gasteiger partial charge is 0.381 e. The number of fused-ring (bicyclic) bond motifs is 3. The van der Waals surface area contributed by atoms with Crippen molar-refractivity contribution in [3.05, 3.63) is 42.7 Å². The molecule has 1 amide bonds. The summed E-state index contributed by atoms with van der Waals surface area (Å²) in [5.41, 5.74) is 2.65. The number of aliphatic hydroxyl groups is 1. The first-order valence-electron chi connectivity index (χ1n) is 12.5. The molecule has 2 bridgehead atoms. The summed E-state index contributed by atoms with van der Waals surface area (Å²) in [5.74, 6) is -0.226. The molecule has 3 fully saturated rings. The minimum absolute atomic E-state index is 0.0557. The molecule has 0 saturated carbocycles. The van der Waals surface area contributed by atoms with Crippen LogP contribution in [0.25, 0.3) is 27.5 Å². The number of amides is 1. The maximum atomic E-state index is 12.6. The van der Waals surface area contributed by atoms with E-state index >= 15 is 0 Å². The molecule has 3 aliphatic rings. The lowest BCUT2D eigenvalue weighted by Gasteiger charge is -2.57. The molecule has 3 atom stereocenters. The highest BCUT2D eigenvalue weighted by Gasteiger charge is 2.50. The van der Waals surface area contributed by atoms with Gasteiger partial charge in [0.15, 0.2) is 5.01 Å². The number of carbonyl (C=O) groups is 1. The maximum absolute atomic E-state index is 12.6. The predicted octanol–water partition coefficient (Wildman–Crippen LogP) is 2.80. The van der Waals surface area contributed by atoms with Crippen LogP contribution in [0.4, 0.5) is 10.8 Å². The molecule has 38 heavy (non-hydrogen) atoms. The zero-order valence-electron chi connectivity index (χ0n) is 21.2. The number of carbonyl (C=O) groups excluding carboxylic acids is 1. The zero-order valence-corrected chi connectivity index (χ0v) is 22.1. The second kappa shape index (κ2) is 9.04. The van der Waals surface area contributed by atoms with Gasteiger partial charge in [-0.3, -0.25) is 9.78 Å². The highest BCUT2D eigenvalue weighted by atomic mass is 32.1. The first kappa shape index (κ1) is 24.3. The van der Waals surface area contributed by atoms with Gasteiger partial charge >= 0.3 is 0 Å². The molecule has 0 aromatic carbocycles. The summed E-state index contributed by atoms with van der Waals surface area (Å²) in [7, 11) is 0. The first-order chi connectivity index (χ1) is 18.2. The Hall–Kier alpha value is -4.08. The summed E-state index contributed by atoms with van der Waals surface area (Å²) >= 11 is 1.46. The lowest BCUT2D eigenvalue weighted by molar-refractivity contribution is -0.163. The van der Waals surface area contributed by atoms with Gasteiger partial charge in [0.05, 0.1) is 40.6 Å². The molecule has 2 unspecified atom stereocenters. The van der Waals surface area contributed by atoms with Gasteiger partial charge in [-0.05, 0) is 57.5 Å². The van der Waals surface area contributed by atoms with E-state index in [0.29, 0.717) is 18.1 Å². The van der Waals surface area contributed by atoms with Crippen molar-refractivity contribution in [3.8, 4) is 28.0 Å². The van der Waals surface area contributed by atoms with Gasteiger partial charge in [0.25, 0.3) is 5.91 Å². The molecule has 0 spiro atoms. The summed E-state index contributed by atoms with van der Waals surface area (Å²) in [5, 5.41) is 37.7. The first-order valence-corrected chi connectivity index (χ1v) is 13.3. The summed E-state index contributed by atoms with van der Waals surface area (Å²) < 4.78 is 1.83. The number of rotatable bonds is 6. The van der Waals surface area contributed by atoms with Gasteiger partial charge in [0, 0.05) is 31.2 Å². The fourth-order valence-corrected chi connectivity index (χ4v) is 6.04. The molecule has 0 aliphatic carbocycles. The highest BCUT2D eigenvalue weighted by molar-refractivity contribution is 7.18. The number of aromatic nitrogens is 5. The van der Waals surface area contributed by atoms with Gasteiger partial charge in [-0.2, -0.15) is 10.4 Å². The molecule has 7 heterocycles. The molecular formula is C26H27N9O2S. The third kappa shape index (κ3) is 4.13. The fraction of sp³-hybridized carbons (Fsp3) is 0.385. The number of piperidine rings is 1. The number of hydrogen-bond donors (Lipinski definition) is 2. The van der Waals surface area contributed by atoms with Crippen LogP contribution >= 0.6 is 11.3 Å². The molecule has 194 valence electrons. The van der Waals surface area contributed by atoms with E-state index in [9.17, 15) is 15.2 Å². The molecule has 0 radical (unpaired) electrons. The molecule has 2 N–H and O–H groups in total. The van der Waals surface area contributed by atoms with Gasteiger partial charge < -0.3 is 20.2 Å². The van der Waals surface area contributed by atoms with Crippen LogP contribution in [0.3, 0.4) is 0 Å². The number of hydrogen-bond acceptors (Lipinski definition) is 10. The zero-order chi connectivity index (χ0) is 26.6. The van der Waals surface area contributed by atoms with Crippen molar-refractivity contribution in [2.75, 3.05) is 23.3 Å². The summed E-state index contributed by atoms with van der Waals surface area (Å²) in [6.45, 7) is 6.16. The van der Waals surface area contributed by atoms with E-state index in [0.717, 1.165) is 39.7 Å². The third-order valence-corrected chi connectivity index (χ3v) is 8.04. The molecular weight excluding hydrogens is 502 g/mol. The Morgan fingerprint density at radius 2 is 2.05 bits per heavy atom. The summed E-state index contributed by atoms with van der Waals surface area (Å²) in [6.07, 6.45) is 4.42. The second-order valence-electron chi connectivity index (χ2n) is 10.3. The van der Waals surface area contributed by atoms with E-state index in [1.807, 2.05) is 39.7 Å². The fourth-order valence-electron chi connectivity index (χ4n) is 5.16. The van der Waals surface area contributed by atoms with Gasteiger partial charge in [0.1, 0.15) is 11.6 Å². The van der Waals surface area contributed by atoms with Crippen LogP contribution in [0.5, 0.6) is 0 Å². The Kier molecular flexibility index (Phi) is 5.77. The standard InChI is InChI=1S/C26H27N9O2S/c1-15(11-27)30-20-10-21(22-7-6-16-5-4-8-29-35(16)22)28-12-19(20)23-31-32-25(38-23)33-13-17-9-18(14-33)34(17)24(36)26(2,3)37/h4-8,10,12,15,17-18,37H,9,13-14H2,1-3H3,(H,28,30)/t15-,17?,18?/m1/s1. The normalized spacial score (nSPS) is 19.7. The van der Waals surface area contributed by atoms with Crippen LogP contribution in [0.2, 0.25) is 0 Å². The van der Waals surface area contributed by atoms with Crippen molar-refractivity contribution in [1.82, 2.24) is 29.7 Å². The Bertz CT molecular complexity index is 1550. The van der Waals surface area contributed by atoms with E-state index in [-0.39, 0.29) is 18.0 Å². The summed E-state index contributed by atoms with van der Waals surface area (Å²) in [4.78, 5) is 21.3. The van der Waals surface area contributed by atoms with Gasteiger partial charge in [-0.1, -0.05) is 11.3 Å². The molecule has 11 nitrogen and oxygen atoms in total. The van der Waals surface area contributed by atoms with Crippen molar-refractivity contribution >= 4 is 33.6 Å². The molecule has 7 rings (SSSR count).